The fourth-order valence-corrected chi connectivity index (χ4v) is 7.44. The molecule has 11 nitrogen and oxygen atoms in total. The summed E-state index contributed by atoms with van der Waals surface area (Å²) in [6.07, 6.45) is 7.41. The summed E-state index contributed by atoms with van der Waals surface area (Å²) in [5.41, 5.74) is 8.47. The van der Waals surface area contributed by atoms with Crippen LogP contribution in [0.2, 0.25) is 0 Å². The van der Waals surface area contributed by atoms with E-state index in [1.807, 2.05) is 6.07 Å². The Morgan fingerprint density at radius 3 is 2.19 bits per heavy atom. The van der Waals surface area contributed by atoms with E-state index in [4.69, 9.17) is 10.7 Å². The number of nitrogens with one attached hydrogen (secondary N) is 2. The van der Waals surface area contributed by atoms with Crippen LogP contribution in [0.25, 0.3) is 5.65 Å². The highest BCUT2D eigenvalue weighted by molar-refractivity contribution is 8.09. The molecular formula is C23H33N7O4S2. The first-order valence-electron chi connectivity index (χ1n) is 11.8. The van der Waals surface area contributed by atoms with Gasteiger partial charge in [0.2, 0.25) is 20.0 Å². The van der Waals surface area contributed by atoms with E-state index in [2.05, 4.69) is 29.6 Å². The Labute approximate surface area is 212 Å². The van der Waals surface area contributed by atoms with Gasteiger partial charge in [0.05, 0.1) is 24.4 Å². The van der Waals surface area contributed by atoms with Crippen molar-refractivity contribution < 1.29 is 16.8 Å². The number of fused-ring (bicyclic) bond motifs is 1. The summed E-state index contributed by atoms with van der Waals surface area (Å²) in [4.78, 5) is 4.84. The predicted octanol–water partition coefficient (Wildman–Crippen LogP) is 3.00. The number of nitrogens with zero attached hydrogens (tertiary/aromatic N) is 4. The van der Waals surface area contributed by atoms with Gasteiger partial charge in [-0.3, -0.25) is 0 Å². The lowest BCUT2D eigenvalue weighted by molar-refractivity contribution is 0.410. The summed E-state index contributed by atoms with van der Waals surface area (Å²) in [7, 11) is -8.04. The molecule has 0 radical (unpaired) electrons. The second-order valence-corrected chi connectivity index (χ2v) is 13.6. The van der Waals surface area contributed by atoms with E-state index in [1.165, 1.54) is 12.1 Å². The normalized spacial score (nSPS) is 18.9. The molecule has 36 heavy (non-hydrogen) atoms. The van der Waals surface area contributed by atoms with Crippen LogP contribution < -0.4 is 20.1 Å². The molecule has 4 rings (SSSR count). The number of sulfonamides is 2. The molecule has 0 saturated heterocycles. The van der Waals surface area contributed by atoms with Crippen molar-refractivity contribution in [1.82, 2.24) is 14.6 Å². The molecule has 3 aromatic rings. The molecule has 0 aliphatic heterocycles. The van der Waals surface area contributed by atoms with Crippen LogP contribution in [0.15, 0.2) is 36.5 Å². The van der Waals surface area contributed by atoms with Crippen LogP contribution in [0.1, 0.15) is 51.0 Å². The van der Waals surface area contributed by atoms with Crippen molar-refractivity contribution in [3.63, 3.8) is 0 Å². The van der Waals surface area contributed by atoms with Gasteiger partial charge in [-0.15, -0.1) is 0 Å². The number of hydrogen-bond acceptors (Lipinski definition) is 9. The van der Waals surface area contributed by atoms with E-state index >= 15 is 0 Å². The average Bonchev–Trinajstić information content (AvgIpc) is 3.19. The summed E-state index contributed by atoms with van der Waals surface area (Å²) >= 11 is 0. The van der Waals surface area contributed by atoms with Crippen molar-refractivity contribution in [2.75, 3.05) is 26.9 Å². The molecule has 0 spiro atoms. The first kappa shape index (κ1) is 26.2. The average molecular weight is 536 g/mol. The lowest BCUT2D eigenvalue weighted by Crippen LogP contribution is -2.35. The third-order valence-electron chi connectivity index (χ3n) is 6.20. The van der Waals surface area contributed by atoms with Crippen molar-refractivity contribution in [3.05, 3.63) is 42.1 Å². The maximum atomic E-state index is 12.1. The first-order chi connectivity index (χ1) is 16.8. The predicted molar refractivity (Wildman–Crippen MR) is 143 cm³/mol. The second kappa shape index (κ2) is 9.87. The highest BCUT2D eigenvalue weighted by Gasteiger charge is 2.27. The number of rotatable bonds is 8. The maximum absolute atomic E-state index is 12.1. The third-order valence-corrected chi connectivity index (χ3v) is 9.45. The molecule has 1 aliphatic carbocycles. The Morgan fingerprint density at radius 2 is 1.64 bits per heavy atom. The van der Waals surface area contributed by atoms with Crippen LogP contribution in [0.4, 0.5) is 23.0 Å². The monoisotopic (exact) mass is 535 g/mol. The molecule has 1 aliphatic rings. The maximum Gasteiger partial charge on any atom is 0.245 e. The van der Waals surface area contributed by atoms with Crippen molar-refractivity contribution >= 4 is 48.7 Å². The summed E-state index contributed by atoms with van der Waals surface area (Å²) < 4.78 is 50.4. The first-order valence-corrected chi connectivity index (χ1v) is 15.5. The molecule has 1 fully saturated rings. The topological polar surface area (TPSA) is 152 Å². The Bertz CT molecular complexity index is 1410. The van der Waals surface area contributed by atoms with Gasteiger partial charge in [0.25, 0.3) is 0 Å². The van der Waals surface area contributed by atoms with Crippen molar-refractivity contribution in [2.45, 2.75) is 57.5 Å². The fraction of sp³-hybridized carbons (Fsp3) is 0.478. The molecule has 2 aromatic heterocycles. The van der Waals surface area contributed by atoms with Gasteiger partial charge in [0.1, 0.15) is 11.6 Å². The molecule has 0 bridgehead atoms. The molecule has 0 amide bonds. The third kappa shape index (κ3) is 5.73. The Kier molecular flexibility index (Phi) is 7.17. The summed E-state index contributed by atoms with van der Waals surface area (Å²) in [6.45, 7) is 4.17. The van der Waals surface area contributed by atoms with E-state index in [9.17, 15) is 16.8 Å². The molecule has 196 valence electrons. The van der Waals surface area contributed by atoms with Gasteiger partial charge in [-0.2, -0.15) is 13.3 Å². The minimum atomic E-state index is -4.02. The quantitative estimate of drug-likeness (QED) is 0.395. The van der Waals surface area contributed by atoms with Crippen LogP contribution in [-0.4, -0.2) is 56.0 Å². The van der Waals surface area contributed by atoms with Gasteiger partial charge in [-0.25, -0.2) is 21.8 Å². The number of anilines is 4. The number of nitrogens with two attached hydrogens (primary N) is 1. The number of benzene rings is 1. The zero-order chi connectivity index (χ0) is 26.3. The highest BCUT2D eigenvalue weighted by Crippen LogP contribution is 2.29. The van der Waals surface area contributed by atoms with E-state index in [1.54, 1.807) is 22.8 Å². The summed E-state index contributed by atoms with van der Waals surface area (Å²) in [5, 5.41) is 11.4. The number of hydrogen-bond donors (Lipinski definition) is 3. The van der Waals surface area contributed by atoms with Gasteiger partial charge in [-0.05, 0) is 55.9 Å². The van der Waals surface area contributed by atoms with E-state index in [0.717, 1.165) is 55.2 Å². The molecule has 1 aromatic carbocycles. The van der Waals surface area contributed by atoms with Crippen LogP contribution >= 0.6 is 0 Å². The minimum Gasteiger partial charge on any atom is -0.367 e. The smallest absolute Gasteiger partial charge is 0.245 e. The van der Waals surface area contributed by atoms with Crippen molar-refractivity contribution in [1.29, 1.82) is 0 Å². The molecule has 0 unspecified atom stereocenters. The largest absolute Gasteiger partial charge is 0.367 e. The van der Waals surface area contributed by atoms with E-state index in [-0.39, 0.29) is 23.7 Å². The number of aromatic nitrogens is 3. The lowest BCUT2D eigenvalue weighted by atomic mass is 9.92. The SMILES string of the molecule is CC(C)c1cnn2c(Nc3ccc(N(S(C)(=O)=O)S(C)(=O)=O)cc3)cc(NC3CCC(N)CC3)nc12. The Hall–Kier alpha value is -2.90. The zero-order valence-corrected chi connectivity index (χ0v) is 22.5. The van der Waals surface area contributed by atoms with Crippen LogP contribution in [0.5, 0.6) is 0 Å². The van der Waals surface area contributed by atoms with Gasteiger partial charge >= 0.3 is 0 Å². The minimum absolute atomic E-state index is 0.0319. The summed E-state index contributed by atoms with van der Waals surface area (Å²) in [6, 6.07) is 8.54. The lowest BCUT2D eigenvalue weighted by Gasteiger charge is -2.27. The van der Waals surface area contributed by atoms with Crippen LogP contribution in [-0.2, 0) is 20.0 Å². The van der Waals surface area contributed by atoms with Gasteiger partial charge in [0, 0.05) is 29.4 Å². The Balaban J connectivity index is 1.67. The van der Waals surface area contributed by atoms with Crippen LogP contribution in [0, 0.1) is 0 Å². The van der Waals surface area contributed by atoms with Gasteiger partial charge in [-0.1, -0.05) is 13.8 Å². The molecule has 0 atom stereocenters. The van der Waals surface area contributed by atoms with Crippen LogP contribution in [0.3, 0.4) is 0 Å². The highest BCUT2D eigenvalue weighted by atomic mass is 32.3. The van der Waals surface area contributed by atoms with Gasteiger partial charge in [0.15, 0.2) is 5.65 Å². The van der Waals surface area contributed by atoms with E-state index < -0.39 is 20.0 Å². The second-order valence-electron chi connectivity index (χ2n) is 9.67. The molecule has 4 N–H and O–H groups in total. The fourth-order valence-electron chi connectivity index (χ4n) is 4.47. The summed E-state index contributed by atoms with van der Waals surface area (Å²) in [5.74, 6) is 1.62. The molecule has 2 heterocycles. The van der Waals surface area contributed by atoms with Gasteiger partial charge < -0.3 is 16.4 Å². The Morgan fingerprint density at radius 1 is 1.03 bits per heavy atom. The van der Waals surface area contributed by atoms with Crippen molar-refractivity contribution in [2.24, 2.45) is 5.73 Å². The molecule has 13 heteroatoms. The molecule has 1 saturated carbocycles. The molecular weight excluding hydrogens is 502 g/mol. The standard InChI is InChI=1S/C23H33N7O4S2/c1-15(2)20-14-25-29-22(13-21(28-23(20)29)26-17-7-5-16(24)6-8-17)27-18-9-11-19(12-10-18)30(35(3,31)32)36(4,33)34/h9-17,27H,5-8,24H2,1-4H3,(H,26,28). The van der Waals surface area contributed by atoms with E-state index in [0.29, 0.717) is 15.2 Å². The zero-order valence-electron chi connectivity index (χ0n) is 20.8. The van der Waals surface area contributed by atoms with Crippen molar-refractivity contribution in [3.8, 4) is 0 Å².